The van der Waals surface area contributed by atoms with Gasteiger partial charge in [-0.15, -0.1) is 18.3 Å². The number of phenolic OH excluding ortho intramolecular Hbond substituents is 1. The molecule has 0 spiro atoms. The highest BCUT2D eigenvalue weighted by molar-refractivity contribution is 8.03. The lowest BCUT2D eigenvalue weighted by atomic mass is 9.87. The van der Waals surface area contributed by atoms with E-state index in [2.05, 4.69) is 18.0 Å². The highest BCUT2D eigenvalue weighted by Gasteiger charge is 2.29. The molecule has 0 aliphatic carbocycles. The molecule has 2 rings (SSSR count). The summed E-state index contributed by atoms with van der Waals surface area (Å²) in [5.74, 6) is 0.316. The zero-order chi connectivity index (χ0) is 14.5. The lowest BCUT2D eigenvalue weighted by molar-refractivity contribution is -0.120. The van der Waals surface area contributed by atoms with Crippen LogP contribution in [0.2, 0.25) is 0 Å². The Morgan fingerprint density at radius 1 is 1.60 bits per heavy atom. The van der Waals surface area contributed by atoms with Crippen molar-refractivity contribution in [2.45, 2.75) is 12.3 Å². The molecule has 102 valence electrons. The van der Waals surface area contributed by atoms with E-state index >= 15 is 0 Å². The standard InChI is InChI=1S/C15H14N2O2S/c1-2-6-20-15-13(9-16)12(8-14(19)17-15)10-4-3-5-11(18)7-10/h2-5,7,12,18H,1,6,8H2,(H,17,19)/t12-/m1/s1. The number of nitrogens with one attached hydrogen (secondary N) is 1. The first-order chi connectivity index (χ1) is 9.65. The van der Waals surface area contributed by atoms with Gasteiger partial charge in [0.25, 0.3) is 0 Å². The third-order valence-electron chi connectivity index (χ3n) is 2.97. The average molecular weight is 286 g/mol. The fourth-order valence-corrected chi connectivity index (χ4v) is 2.92. The average Bonchev–Trinajstić information content (AvgIpc) is 2.44. The summed E-state index contributed by atoms with van der Waals surface area (Å²) in [4.78, 5) is 11.8. The number of rotatable bonds is 4. The van der Waals surface area contributed by atoms with Gasteiger partial charge in [0.1, 0.15) is 5.75 Å². The second-order valence-corrected chi connectivity index (χ2v) is 5.38. The maximum atomic E-state index is 11.8. The number of hydrogen-bond acceptors (Lipinski definition) is 4. The SMILES string of the molecule is C=CCSC1=C(C#N)[C@@H](c2cccc(O)c2)CC(=O)N1. The summed E-state index contributed by atoms with van der Waals surface area (Å²) >= 11 is 1.38. The number of carbonyl (C=O) groups is 1. The Kier molecular flexibility index (Phi) is 4.49. The van der Waals surface area contributed by atoms with E-state index in [9.17, 15) is 15.2 Å². The molecule has 1 amide bonds. The van der Waals surface area contributed by atoms with Crippen LogP contribution in [0.5, 0.6) is 5.75 Å². The third kappa shape index (κ3) is 3.03. The van der Waals surface area contributed by atoms with Crippen LogP contribution in [0.25, 0.3) is 0 Å². The number of phenols is 1. The number of nitrogens with zero attached hydrogens (tertiary/aromatic N) is 1. The minimum atomic E-state index is -0.312. The van der Waals surface area contributed by atoms with Gasteiger partial charge in [0, 0.05) is 18.1 Å². The fourth-order valence-electron chi connectivity index (χ4n) is 2.10. The maximum Gasteiger partial charge on any atom is 0.225 e. The largest absolute Gasteiger partial charge is 0.508 e. The molecule has 20 heavy (non-hydrogen) atoms. The first-order valence-electron chi connectivity index (χ1n) is 6.12. The molecular weight excluding hydrogens is 272 g/mol. The molecule has 1 aliphatic heterocycles. The molecule has 0 aromatic heterocycles. The van der Waals surface area contributed by atoms with Gasteiger partial charge in [-0.3, -0.25) is 4.79 Å². The van der Waals surface area contributed by atoms with Crippen LogP contribution in [-0.2, 0) is 4.79 Å². The Bertz CT molecular complexity index is 617. The van der Waals surface area contributed by atoms with Crippen molar-refractivity contribution in [3.8, 4) is 11.8 Å². The molecule has 0 saturated heterocycles. The van der Waals surface area contributed by atoms with Gasteiger partial charge in [0.15, 0.2) is 0 Å². The van der Waals surface area contributed by atoms with E-state index in [-0.39, 0.29) is 24.0 Å². The van der Waals surface area contributed by atoms with Gasteiger partial charge in [0.2, 0.25) is 5.91 Å². The lowest BCUT2D eigenvalue weighted by Gasteiger charge is -2.24. The van der Waals surface area contributed by atoms with E-state index in [4.69, 9.17) is 0 Å². The smallest absolute Gasteiger partial charge is 0.225 e. The van der Waals surface area contributed by atoms with E-state index < -0.39 is 0 Å². The number of carbonyl (C=O) groups excluding carboxylic acids is 1. The van der Waals surface area contributed by atoms with Crippen LogP contribution in [0.3, 0.4) is 0 Å². The minimum Gasteiger partial charge on any atom is -0.508 e. The Morgan fingerprint density at radius 3 is 3.05 bits per heavy atom. The van der Waals surface area contributed by atoms with Crippen LogP contribution in [0, 0.1) is 11.3 Å². The Morgan fingerprint density at radius 2 is 2.40 bits per heavy atom. The second kappa shape index (κ2) is 6.31. The van der Waals surface area contributed by atoms with Crippen molar-refractivity contribution in [2.75, 3.05) is 5.75 Å². The molecule has 0 bridgehead atoms. The topological polar surface area (TPSA) is 73.1 Å². The number of hydrogen-bond donors (Lipinski definition) is 2. The number of nitriles is 1. The summed E-state index contributed by atoms with van der Waals surface area (Å²) in [5, 5.41) is 22.3. The van der Waals surface area contributed by atoms with Gasteiger partial charge in [-0.1, -0.05) is 18.2 Å². The molecule has 5 heteroatoms. The normalized spacial score (nSPS) is 18.4. The third-order valence-corrected chi connectivity index (χ3v) is 3.99. The molecule has 0 unspecified atom stereocenters. The van der Waals surface area contributed by atoms with Crippen molar-refractivity contribution in [1.29, 1.82) is 5.26 Å². The summed E-state index contributed by atoms with van der Waals surface area (Å²) in [7, 11) is 0. The van der Waals surface area contributed by atoms with Crippen LogP contribution < -0.4 is 5.32 Å². The summed E-state index contributed by atoms with van der Waals surface area (Å²) in [5.41, 5.74) is 1.30. The molecular formula is C15H14N2O2S. The Balaban J connectivity index is 2.42. The zero-order valence-corrected chi connectivity index (χ0v) is 11.6. The summed E-state index contributed by atoms with van der Waals surface area (Å²) in [6.45, 7) is 3.63. The van der Waals surface area contributed by atoms with Crippen LogP contribution in [0.15, 0.2) is 47.5 Å². The first kappa shape index (κ1) is 14.2. The first-order valence-corrected chi connectivity index (χ1v) is 7.11. The monoisotopic (exact) mass is 286 g/mol. The highest BCUT2D eigenvalue weighted by atomic mass is 32.2. The molecule has 1 aromatic rings. The van der Waals surface area contributed by atoms with Gasteiger partial charge in [-0.05, 0) is 17.7 Å². The predicted molar refractivity (Wildman–Crippen MR) is 78.9 cm³/mol. The number of benzene rings is 1. The quantitative estimate of drug-likeness (QED) is 0.835. The predicted octanol–water partition coefficient (Wildman–Crippen LogP) is 2.65. The molecule has 2 N–H and O–H groups in total. The molecule has 4 nitrogen and oxygen atoms in total. The lowest BCUT2D eigenvalue weighted by Crippen LogP contribution is -2.30. The fraction of sp³-hybridized carbons (Fsp3) is 0.200. The molecule has 1 atom stereocenters. The van der Waals surface area contributed by atoms with Gasteiger partial charge in [-0.25, -0.2) is 0 Å². The number of amides is 1. The van der Waals surface area contributed by atoms with E-state index in [1.165, 1.54) is 11.8 Å². The van der Waals surface area contributed by atoms with Crippen molar-refractivity contribution in [3.63, 3.8) is 0 Å². The van der Waals surface area contributed by atoms with Gasteiger partial charge < -0.3 is 10.4 Å². The van der Waals surface area contributed by atoms with Crippen LogP contribution >= 0.6 is 11.8 Å². The van der Waals surface area contributed by atoms with Crippen LogP contribution in [0.1, 0.15) is 17.9 Å². The summed E-state index contributed by atoms with van der Waals surface area (Å²) in [6.07, 6.45) is 1.93. The van der Waals surface area contributed by atoms with Crippen molar-refractivity contribution in [1.82, 2.24) is 5.32 Å². The van der Waals surface area contributed by atoms with E-state index in [1.54, 1.807) is 24.3 Å². The highest BCUT2D eigenvalue weighted by Crippen LogP contribution is 2.36. The van der Waals surface area contributed by atoms with Crippen LogP contribution in [-0.4, -0.2) is 16.8 Å². The molecule has 1 aromatic carbocycles. The minimum absolute atomic E-state index is 0.121. The van der Waals surface area contributed by atoms with Gasteiger partial charge >= 0.3 is 0 Å². The molecule has 0 saturated carbocycles. The summed E-state index contributed by atoms with van der Waals surface area (Å²) < 4.78 is 0. The van der Waals surface area contributed by atoms with Crippen molar-refractivity contribution < 1.29 is 9.90 Å². The molecule has 0 radical (unpaired) electrons. The van der Waals surface area contributed by atoms with E-state index in [1.807, 2.05) is 6.07 Å². The second-order valence-electron chi connectivity index (χ2n) is 4.35. The Labute approximate surface area is 121 Å². The van der Waals surface area contributed by atoms with Gasteiger partial charge in [-0.2, -0.15) is 5.26 Å². The number of aromatic hydroxyl groups is 1. The summed E-state index contributed by atoms with van der Waals surface area (Å²) in [6, 6.07) is 8.86. The zero-order valence-electron chi connectivity index (χ0n) is 10.8. The van der Waals surface area contributed by atoms with E-state index in [0.717, 1.165) is 5.56 Å². The molecule has 1 heterocycles. The number of thioether (sulfide) groups is 1. The van der Waals surface area contributed by atoms with Crippen molar-refractivity contribution in [2.24, 2.45) is 0 Å². The maximum absolute atomic E-state index is 11.8. The number of allylic oxidation sites excluding steroid dienone is 1. The van der Waals surface area contributed by atoms with Crippen LogP contribution in [0.4, 0.5) is 0 Å². The van der Waals surface area contributed by atoms with E-state index in [0.29, 0.717) is 16.4 Å². The van der Waals surface area contributed by atoms with Gasteiger partial charge in [0.05, 0.1) is 16.7 Å². The van der Waals surface area contributed by atoms with Crippen molar-refractivity contribution >= 4 is 17.7 Å². The Hall–Kier alpha value is -2.19. The van der Waals surface area contributed by atoms with Crippen molar-refractivity contribution in [3.05, 3.63) is 53.1 Å². The molecule has 1 aliphatic rings. The molecule has 0 fully saturated rings.